The molecule has 1 atom stereocenters. The van der Waals surface area contributed by atoms with Gasteiger partial charge in [0.15, 0.2) is 0 Å². The Morgan fingerprint density at radius 1 is 1.39 bits per heavy atom. The summed E-state index contributed by atoms with van der Waals surface area (Å²) >= 11 is 6.26. The Kier molecular flexibility index (Phi) is 3.78. The molecule has 5 heteroatoms. The Labute approximate surface area is 112 Å². The van der Waals surface area contributed by atoms with Gasteiger partial charge in [0.1, 0.15) is 11.8 Å². The maximum absolute atomic E-state index is 11.9. The number of hydrogen-bond acceptors (Lipinski definition) is 3. The average molecular weight is 269 g/mol. The summed E-state index contributed by atoms with van der Waals surface area (Å²) in [5.41, 5.74) is 2.67. The lowest BCUT2D eigenvalue weighted by Crippen LogP contribution is -2.47. The molecule has 1 aromatic carbocycles. The van der Waals surface area contributed by atoms with E-state index in [1.807, 2.05) is 19.9 Å². The van der Waals surface area contributed by atoms with Gasteiger partial charge in [-0.3, -0.25) is 4.79 Å². The number of nitrogens with one attached hydrogen (secondary N) is 2. The van der Waals surface area contributed by atoms with Crippen LogP contribution in [0.1, 0.15) is 22.7 Å². The van der Waals surface area contributed by atoms with Gasteiger partial charge in [-0.05, 0) is 31.0 Å². The molecule has 1 heterocycles. The molecule has 1 unspecified atom stereocenters. The summed E-state index contributed by atoms with van der Waals surface area (Å²) in [5, 5.41) is 6.73. The van der Waals surface area contributed by atoms with Crippen LogP contribution in [-0.4, -0.2) is 26.1 Å². The van der Waals surface area contributed by atoms with E-state index in [2.05, 4.69) is 10.6 Å². The number of ether oxygens (including phenoxy) is 1. The number of halogens is 1. The lowest BCUT2D eigenvalue weighted by atomic mass is 9.96. The van der Waals surface area contributed by atoms with Crippen LogP contribution in [0.5, 0.6) is 5.75 Å². The molecule has 0 aromatic heterocycles. The zero-order valence-electron chi connectivity index (χ0n) is 10.8. The molecule has 4 nitrogen and oxygen atoms in total. The van der Waals surface area contributed by atoms with Crippen molar-refractivity contribution in [1.29, 1.82) is 0 Å². The molecule has 0 aliphatic carbocycles. The molecule has 1 aromatic rings. The number of hydrogen-bond donors (Lipinski definition) is 2. The predicted molar refractivity (Wildman–Crippen MR) is 71.2 cm³/mol. The monoisotopic (exact) mass is 268 g/mol. The normalized spacial score (nSPS) is 19.6. The Morgan fingerprint density at radius 2 is 2.11 bits per heavy atom. The molecule has 1 fully saturated rings. The third-order valence-corrected chi connectivity index (χ3v) is 3.82. The second kappa shape index (κ2) is 5.16. The predicted octanol–water partition coefficient (Wildman–Crippen LogP) is 1.73. The molecule has 98 valence electrons. The van der Waals surface area contributed by atoms with Crippen molar-refractivity contribution in [3.8, 4) is 5.75 Å². The average Bonchev–Trinajstić information content (AvgIpc) is 2.37. The van der Waals surface area contributed by atoms with Crippen molar-refractivity contribution in [3.05, 3.63) is 27.8 Å². The molecule has 1 amide bonds. The van der Waals surface area contributed by atoms with Gasteiger partial charge in [0.25, 0.3) is 0 Å². The summed E-state index contributed by atoms with van der Waals surface area (Å²) in [7, 11) is 1.60. The molecule has 0 saturated carbocycles. The standard InChI is InChI=1S/C13H17ClN2O2/c1-7-6-9(18-3)10(8(2)11(7)14)12-13(17)16-5-4-15-12/h6,12,15H,4-5H2,1-3H3,(H,16,17). The summed E-state index contributed by atoms with van der Waals surface area (Å²) in [6.07, 6.45) is 0. The lowest BCUT2D eigenvalue weighted by Gasteiger charge is -2.27. The molecule has 0 spiro atoms. The first-order valence-corrected chi connectivity index (χ1v) is 6.28. The van der Waals surface area contributed by atoms with Crippen molar-refractivity contribution >= 4 is 17.5 Å². The fourth-order valence-corrected chi connectivity index (χ4v) is 2.45. The van der Waals surface area contributed by atoms with Crippen molar-refractivity contribution in [2.75, 3.05) is 20.2 Å². The highest BCUT2D eigenvalue weighted by atomic mass is 35.5. The van der Waals surface area contributed by atoms with Crippen molar-refractivity contribution < 1.29 is 9.53 Å². The van der Waals surface area contributed by atoms with E-state index >= 15 is 0 Å². The van der Waals surface area contributed by atoms with Gasteiger partial charge in [-0.15, -0.1) is 0 Å². The van der Waals surface area contributed by atoms with Crippen LogP contribution in [0.2, 0.25) is 5.02 Å². The van der Waals surface area contributed by atoms with Crippen molar-refractivity contribution in [2.24, 2.45) is 0 Å². The van der Waals surface area contributed by atoms with Crippen LogP contribution in [-0.2, 0) is 4.79 Å². The van der Waals surface area contributed by atoms with Crippen molar-refractivity contribution in [2.45, 2.75) is 19.9 Å². The Balaban J connectivity index is 2.54. The van der Waals surface area contributed by atoms with E-state index in [4.69, 9.17) is 16.3 Å². The number of rotatable bonds is 2. The summed E-state index contributed by atoms with van der Waals surface area (Å²) in [4.78, 5) is 11.9. The van der Waals surface area contributed by atoms with Crippen LogP contribution >= 0.6 is 11.6 Å². The number of carbonyl (C=O) groups excluding carboxylic acids is 1. The third-order valence-electron chi connectivity index (χ3n) is 3.24. The molecule has 2 rings (SSSR count). The Bertz CT molecular complexity index is 488. The topological polar surface area (TPSA) is 50.4 Å². The minimum Gasteiger partial charge on any atom is -0.496 e. The highest BCUT2D eigenvalue weighted by Crippen LogP contribution is 2.36. The number of benzene rings is 1. The van der Waals surface area contributed by atoms with E-state index in [0.29, 0.717) is 17.3 Å². The molecular weight excluding hydrogens is 252 g/mol. The zero-order valence-corrected chi connectivity index (χ0v) is 11.5. The number of piperazine rings is 1. The number of methoxy groups -OCH3 is 1. The Morgan fingerprint density at radius 3 is 2.72 bits per heavy atom. The Hall–Kier alpha value is -1.26. The fourth-order valence-electron chi connectivity index (χ4n) is 2.29. The van der Waals surface area contributed by atoms with Crippen LogP contribution in [0.15, 0.2) is 6.07 Å². The minimum absolute atomic E-state index is 0.0393. The summed E-state index contributed by atoms with van der Waals surface area (Å²) in [6.45, 7) is 5.23. The van der Waals surface area contributed by atoms with Gasteiger partial charge in [0.2, 0.25) is 5.91 Å². The first-order valence-electron chi connectivity index (χ1n) is 5.91. The van der Waals surface area contributed by atoms with Gasteiger partial charge in [-0.1, -0.05) is 11.6 Å². The molecular formula is C13H17ClN2O2. The van der Waals surface area contributed by atoms with E-state index < -0.39 is 6.04 Å². The van der Waals surface area contributed by atoms with E-state index in [0.717, 1.165) is 23.2 Å². The largest absolute Gasteiger partial charge is 0.496 e. The van der Waals surface area contributed by atoms with Gasteiger partial charge in [-0.2, -0.15) is 0 Å². The van der Waals surface area contributed by atoms with Crippen LogP contribution in [0.3, 0.4) is 0 Å². The fraction of sp³-hybridized carbons (Fsp3) is 0.462. The minimum atomic E-state index is -0.396. The maximum Gasteiger partial charge on any atom is 0.241 e. The maximum atomic E-state index is 11.9. The van der Waals surface area contributed by atoms with E-state index in [1.54, 1.807) is 7.11 Å². The molecule has 0 radical (unpaired) electrons. The van der Waals surface area contributed by atoms with Crippen LogP contribution < -0.4 is 15.4 Å². The van der Waals surface area contributed by atoms with Crippen LogP contribution in [0, 0.1) is 13.8 Å². The van der Waals surface area contributed by atoms with Crippen molar-refractivity contribution in [3.63, 3.8) is 0 Å². The van der Waals surface area contributed by atoms with Gasteiger partial charge < -0.3 is 15.4 Å². The van der Waals surface area contributed by atoms with Gasteiger partial charge in [-0.25, -0.2) is 0 Å². The highest BCUT2D eigenvalue weighted by Gasteiger charge is 2.29. The van der Waals surface area contributed by atoms with Crippen molar-refractivity contribution in [1.82, 2.24) is 10.6 Å². The van der Waals surface area contributed by atoms with Crippen LogP contribution in [0.4, 0.5) is 0 Å². The smallest absolute Gasteiger partial charge is 0.241 e. The molecule has 2 N–H and O–H groups in total. The van der Waals surface area contributed by atoms with E-state index in [-0.39, 0.29) is 5.91 Å². The SMILES string of the molecule is COc1cc(C)c(Cl)c(C)c1C1NCCNC1=O. The quantitative estimate of drug-likeness (QED) is 0.859. The zero-order chi connectivity index (χ0) is 13.3. The highest BCUT2D eigenvalue weighted by molar-refractivity contribution is 6.32. The van der Waals surface area contributed by atoms with Gasteiger partial charge in [0.05, 0.1) is 7.11 Å². The second-order valence-electron chi connectivity index (χ2n) is 4.43. The van der Waals surface area contributed by atoms with E-state index in [1.165, 1.54) is 0 Å². The summed E-state index contributed by atoms with van der Waals surface area (Å²) in [6, 6.07) is 1.47. The molecule has 1 aliphatic heterocycles. The first-order chi connectivity index (χ1) is 8.56. The van der Waals surface area contributed by atoms with Crippen LogP contribution in [0.25, 0.3) is 0 Å². The number of aryl methyl sites for hydroxylation is 1. The number of amides is 1. The molecule has 1 aliphatic rings. The molecule has 1 saturated heterocycles. The second-order valence-corrected chi connectivity index (χ2v) is 4.80. The van der Waals surface area contributed by atoms with E-state index in [9.17, 15) is 4.79 Å². The van der Waals surface area contributed by atoms with Gasteiger partial charge >= 0.3 is 0 Å². The molecule has 18 heavy (non-hydrogen) atoms. The summed E-state index contributed by atoms with van der Waals surface area (Å²) < 4.78 is 5.38. The number of carbonyl (C=O) groups is 1. The lowest BCUT2D eigenvalue weighted by molar-refractivity contribution is -0.124. The summed E-state index contributed by atoms with van der Waals surface area (Å²) in [5.74, 6) is 0.659. The molecule has 0 bridgehead atoms. The third kappa shape index (κ3) is 2.18. The first kappa shape index (κ1) is 13.2. The van der Waals surface area contributed by atoms with Gasteiger partial charge in [0, 0.05) is 23.7 Å².